The SMILES string of the molecule is O=C(O)C1(c2c(C3CCOCC3)n(-c3ccc(F)c(F)c3)c3ccc(OCc4ccccc4)cc23)C=CCCC1. The summed E-state index contributed by atoms with van der Waals surface area (Å²) in [6, 6.07) is 19.3. The van der Waals surface area contributed by atoms with E-state index in [1.165, 1.54) is 6.07 Å². The normalized spacial score (nSPS) is 19.6. The molecule has 40 heavy (non-hydrogen) atoms. The lowest BCUT2D eigenvalue weighted by Gasteiger charge is -2.33. The number of allylic oxidation sites excluding steroid dienone is 1. The van der Waals surface area contributed by atoms with Crippen molar-refractivity contribution in [3.63, 3.8) is 0 Å². The Balaban J connectivity index is 1.62. The molecule has 2 heterocycles. The van der Waals surface area contributed by atoms with Crippen molar-refractivity contribution in [2.45, 2.75) is 50.0 Å². The number of nitrogens with zero attached hydrogens (tertiary/aromatic N) is 1. The molecule has 0 radical (unpaired) electrons. The summed E-state index contributed by atoms with van der Waals surface area (Å²) in [6.45, 7) is 1.46. The summed E-state index contributed by atoms with van der Waals surface area (Å²) in [5.41, 5.74) is 2.46. The van der Waals surface area contributed by atoms with E-state index in [-0.39, 0.29) is 5.92 Å². The number of carbonyl (C=O) groups is 1. The van der Waals surface area contributed by atoms with E-state index >= 15 is 0 Å². The van der Waals surface area contributed by atoms with Crippen molar-refractivity contribution in [2.75, 3.05) is 13.2 Å². The second-order valence-corrected chi connectivity index (χ2v) is 10.6. The lowest BCUT2D eigenvalue weighted by Crippen LogP contribution is -2.37. The fourth-order valence-corrected chi connectivity index (χ4v) is 6.21. The van der Waals surface area contributed by atoms with E-state index in [2.05, 4.69) is 0 Å². The van der Waals surface area contributed by atoms with Gasteiger partial charge in [0.25, 0.3) is 0 Å². The molecule has 1 fully saturated rings. The van der Waals surface area contributed by atoms with Gasteiger partial charge >= 0.3 is 5.97 Å². The average molecular weight is 544 g/mol. The summed E-state index contributed by atoms with van der Waals surface area (Å²) in [5.74, 6) is -2.21. The number of hydrogen-bond acceptors (Lipinski definition) is 3. The molecular weight excluding hydrogens is 512 g/mol. The van der Waals surface area contributed by atoms with Crippen molar-refractivity contribution < 1.29 is 28.2 Å². The molecule has 206 valence electrons. The van der Waals surface area contributed by atoms with Crippen molar-refractivity contribution in [1.82, 2.24) is 4.57 Å². The standard InChI is InChI=1S/C33H31F2NO4/c34-27-11-9-24(19-28(27)35)36-29-12-10-25(40-21-22-7-3-1-4-8-22)20-26(29)30(31(36)23-13-17-39-18-14-23)33(32(37)38)15-5-2-6-16-33/h1,3-5,7-12,15,19-20,23H,2,6,13-14,16-18,21H2,(H,37,38). The molecule has 6 rings (SSSR count). The first-order valence-electron chi connectivity index (χ1n) is 13.8. The molecule has 4 aromatic rings. The number of hydrogen-bond donors (Lipinski definition) is 1. The number of halogens is 2. The van der Waals surface area contributed by atoms with Gasteiger partial charge in [0, 0.05) is 47.5 Å². The van der Waals surface area contributed by atoms with Gasteiger partial charge in [-0.25, -0.2) is 8.78 Å². The van der Waals surface area contributed by atoms with Crippen molar-refractivity contribution in [1.29, 1.82) is 0 Å². The minimum Gasteiger partial charge on any atom is -0.489 e. The molecule has 0 bridgehead atoms. The number of carboxylic acids is 1. The van der Waals surface area contributed by atoms with Crippen LogP contribution in [0.5, 0.6) is 5.75 Å². The predicted octanol–water partition coefficient (Wildman–Crippen LogP) is 7.44. The van der Waals surface area contributed by atoms with Gasteiger partial charge in [-0.1, -0.05) is 42.5 Å². The van der Waals surface area contributed by atoms with Gasteiger partial charge in [-0.05, 0) is 68.0 Å². The molecule has 1 aliphatic heterocycles. The summed E-state index contributed by atoms with van der Waals surface area (Å²) < 4.78 is 42.4. The van der Waals surface area contributed by atoms with E-state index in [0.717, 1.165) is 41.1 Å². The molecule has 7 heteroatoms. The smallest absolute Gasteiger partial charge is 0.318 e. The highest BCUT2D eigenvalue weighted by Crippen LogP contribution is 2.48. The maximum Gasteiger partial charge on any atom is 0.318 e. The lowest BCUT2D eigenvalue weighted by molar-refractivity contribution is -0.142. The summed E-state index contributed by atoms with van der Waals surface area (Å²) in [6.07, 6.45) is 7.16. The van der Waals surface area contributed by atoms with Gasteiger partial charge in [0.05, 0.1) is 5.52 Å². The lowest BCUT2D eigenvalue weighted by atomic mass is 9.70. The van der Waals surface area contributed by atoms with E-state index in [4.69, 9.17) is 9.47 Å². The van der Waals surface area contributed by atoms with Crippen molar-refractivity contribution >= 4 is 16.9 Å². The van der Waals surface area contributed by atoms with Crippen molar-refractivity contribution in [2.24, 2.45) is 0 Å². The number of aromatic nitrogens is 1. The van der Waals surface area contributed by atoms with Gasteiger partial charge in [-0.2, -0.15) is 0 Å². The van der Waals surface area contributed by atoms with Gasteiger partial charge < -0.3 is 19.1 Å². The second kappa shape index (κ2) is 10.9. The van der Waals surface area contributed by atoms with Crippen molar-refractivity contribution in [3.8, 4) is 11.4 Å². The molecule has 0 saturated carbocycles. The fraction of sp³-hybridized carbons (Fsp3) is 0.303. The third-order valence-corrected chi connectivity index (χ3v) is 8.17. The van der Waals surface area contributed by atoms with Crippen LogP contribution < -0.4 is 4.74 Å². The highest BCUT2D eigenvalue weighted by Gasteiger charge is 2.45. The molecule has 1 atom stereocenters. The third-order valence-electron chi connectivity index (χ3n) is 8.17. The van der Waals surface area contributed by atoms with E-state index in [1.807, 2.05) is 65.3 Å². The first-order chi connectivity index (χ1) is 19.5. The van der Waals surface area contributed by atoms with Crippen LogP contribution in [-0.4, -0.2) is 28.9 Å². The molecule has 1 N–H and O–H groups in total. The van der Waals surface area contributed by atoms with E-state index in [9.17, 15) is 18.7 Å². The largest absolute Gasteiger partial charge is 0.489 e. The van der Waals surface area contributed by atoms with Crippen LogP contribution in [0.3, 0.4) is 0 Å². The fourth-order valence-electron chi connectivity index (χ4n) is 6.21. The van der Waals surface area contributed by atoms with Crippen LogP contribution in [0.4, 0.5) is 8.78 Å². The summed E-state index contributed by atoms with van der Waals surface area (Å²) in [5, 5.41) is 11.5. The third kappa shape index (κ3) is 4.68. The van der Waals surface area contributed by atoms with Crippen LogP contribution in [0.2, 0.25) is 0 Å². The average Bonchev–Trinajstić information content (AvgIpc) is 3.33. The zero-order chi connectivity index (χ0) is 27.7. The van der Waals surface area contributed by atoms with Crippen LogP contribution in [0.15, 0.2) is 78.9 Å². The molecular formula is C33H31F2NO4. The highest BCUT2D eigenvalue weighted by atomic mass is 19.2. The number of ether oxygens (including phenoxy) is 2. The Bertz CT molecular complexity index is 1570. The van der Waals surface area contributed by atoms with Crippen LogP contribution in [0.1, 0.15) is 54.8 Å². The van der Waals surface area contributed by atoms with Gasteiger partial charge in [0.2, 0.25) is 0 Å². The zero-order valence-corrected chi connectivity index (χ0v) is 22.1. The molecule has 1 saturated heterocycles. The van der Waals surface area contributed by atoms with Crippen LogP contribution >= 0.6 is 0 Å². The number of rotatable bonds is 7. The minimum atomic E-state index is -1.26. The maximum absolute atomic E-state index is 14.6. The van der Waals surface area contributed by atoms with Crippen molar-refractivity contribution in [3.05, 3.63) is 107 Å². The topological polar surface area (TPSA) is 60.7 Å². The number of benzene rings is 3. The monoisotopic (exact) mass is 543 g/mol. The van der Waals surface area contributed by atoms with Gasteiger partial charge in [0.15, 0.2) is 11.6 Å². The predicted molar refractivity (Wildman–Crippen MR) is 149 cm³/mol. The Hall–Kier alpha value is -3.97. The second-order valence-electron chi connectivity index (χ2n) is 10.6. The Morgan fingerprint density at radius 2 is 1.82 bits per heavy atom. The quantitative estimate of drug-likeness (QED) is 0.246. The van der Waals surface area contributed by atoms with Gasteiger partial charge in [0.1, 0.15) is 17.8 Å². The minimum absolute atomic E-state index is 0.0236. The van der Waals surface area contributed by atoms with E-state index in [1.54, 1.807) is 6.07 Å². The molecule has 1 unspecified atom stereocenters. The van der Waals surface area contributed by atoms with Crippen LogP contribution in [-0.2, 0) is 21.6 Å². The summed E-state index contributed by atoms with van der Waals surface area (Å²) >= 11 is 0. The first-order valence-corrected chi connectivity index (χ1v) is 13.8. The number of fused-ring (bicyclic) bond motifs is 1. The number of aliphatic carboxylic acids is 1. The van der Waals surface area contributed by atoms with E-state index in [0.29, 0.717) is 56.1 Å². The van der Waals surface area contributed by atoms with E-state index < -0.39 is 23.0 Å². The molecule has 0 amide bonds. The molecule has 2 aliphatic rings. The molecule has 1 aliphatic carbocycles. The Morgan fingerprint density at radius 1 is 1.02 bits per heavy atom. The summed E-state index contributed by atoms with van der Waals surface area (Å²) in [4.78, 5) is 13.2. The summed E-state index contributed by atoms with van der Waals surface area (Å²) in [7, 11) is 0. The Morgan fingerprint density at radius 3 is 2.52 bits per heavy atom. The Kier molecular flexibility index (Phi) is 7.15. The van der Waals surface area contributed by atoms with Gasteiger partial charge in [-0.15, -0.1) is 0 Å². The van der Waals surface area contributed by atoms with Crippen LogP contribution in [0.25, 0.3) is 16.6 Å². The maximum atomic E-state index is 14.6. The molecule has 0 spiro atoms. The van der Waals surface area contributed by atoms with Crippen LogP contribution in [0, 0.1) is 11.6 Å². The Labute approximate surface area is 231 Å². The van der Waals surface area contributed by atoms with Gasteiger partial charge in [-0.3, -0.25) is 4.79 Å². The highest BCUT2D eigenvalue weighted by molar-refractivity contribution is 5.97. The first kappa shape index (κ1) is 26.3. The molecule has 5 nitrogen and oxygen atoms in total. The zero-order valence-electron chi connectivity index (χ0n) is 22.1. The number of carboxylic acid groups (broad SMARTS) is 1. The molecule has 1 aromatic heterocycles. The molecule has 3 aromatic carbocycles.